The molecule has 104 valence electrons. The predicted octanol–water partition coefficient (Wildman–Crippen LogP) is -0.0565. The molecule has 1 aliphatic heterocycles. The third-order valence-corrected chi connectivity index (χ3v) is 3.72. The average Bonchev–Trinajstić information content (AvgIpc) is 2.94. The molecule has 3 heterocycles. The largest absolute Gasteiger partial charge is 0.353 e. The Bertz CT molecular complexity index is 647. The molecule has 2 aromatic rings. The van der Waals surface area contributed by atoms with Gasteiger partial charge in [0.2, 0.25) is 0 Å². The summed E-state index contributed by atoms with van der Waals surface area (Å²) in [6, 6.07) is 6.13. The van der Waals surface area contributed by atoms with Crippen LogP contribution in [0.25, 0.3) is 5.65 Å². The summed E-state index contributed by atoms with van der Waals surface area (Å²) >= 11 is 0. The van der Waals surface area contributed by atoms with Crippen molar-refractivity contribution in [3.8, 4) is 6.07 Å². The fraction of sp³-hybridized carbons (Fsp3) is 0.583. The molecule has 8 nitrogen and oxygen atoms in total. The van der Waals surface area contributed by atoms with E-state index < -0.39 is 5.54 Å². The molecule has 1 aliphatic rings. The maximum atomic E-state index is 9.18. The van der Waals surface area contributed by atoms with Gasteiger partial charge in [-0.05, 0) is 36.4 Å². The zero-order chi connectivity index (χ0) is 14.2. The molecule has 0 aromatic carbocycles. The first-order chi connectivity index (χ1) is 9.60. The maximum Gasteiger partial charge on any atom is 0.200 e. The molecule has 0 saturated carbocycles. The Balaban J connectivity index is 1.73. The summed E-state index contributed by atoms with van der Waals surface area (Å²) in [5.74, 6) is 0.860. The highest BCUT2D eigenvalue weighted by atomic mass is 15.6. The number of tetrazole rings is 1. The molecule has 0 aliphatic carbocycles. The Morgan fingerprint density at radius 2 is 1.95 bits per heavy atom. The molecule has 20 heavy (non-hydrogen) atoms. The highest BCUT2D eigenvalue weighted by Gasteiger charge is 2.30. The Morgan fingerprint density at radius 3 is 2.65 bits per heavy atom. The van der Waals surface area contributed by atoms with Crippen LogP contribution in [0.5, 0.6) is 0 Å². The van der Waals surface area contributed by atoms with Crippen molar-refractivity contribution in [1.29, 1.82) is 5.26 Å². The Labute approximate surface area is 116 Å². The lowest BCUT2D eigenvalue weighted by Crippen LogP contribution is -2.54. The van der Waals surface area contributed by atoms with Crippen LogP contribution in [-0.4, -0.2) is 61.9 Å². The van der Waals surface area contributed by atoms with E-state index in [1.54, 1.807) is 0 Å². The first kappa shape index (κ1) is 12.7. The van der Waals surface area contributed by atoms with Gasteiger partial charge < -0.3 is 4.90 Å². The topological polar surface area (TPSA) is 86.2 Å². The maximum absolute atomic E-state index is 9.18. The van der Waals surface area contributed by atoms with Crippen molar-refractivity contribution < 1.29 is 0 Å². The molecule has 1 fully saturated rings. The number of piperazine rings is 1. The minimum absolute atomic E-state index is 0.417. The van der Waals surface area contributed by atoms with Crippen LogP contribution in [0.2, 0.25) is 0 Å². The summed E-state index contributed by atoms with van der Waals surface area (Å²) in [4.78, 5) is 4.38. The van der Waals surface area contributed by atoms with Gasteiger partial charge in [-0.2, -0.15) is 5.26 Å². The van der Waals surface area contributed by atoms with Gasteiger partial charge in [0.25, 0.3) is 0 Å². The SMILES string of the molecule is CC(C)(C#N)N1CCN(c2ccc3nnnn3n2)CC1. The van der Waals surface area contributed by atoms with Gasteiger partial charge >= 0.3 is 0 Å². The molecular weight excluding hydrogens is 256 g/mol. The zero-order valence-electron chi connectivity index (χ0n) is 11.6. The molecule has 2 aromatic heterocycles. The van der Waals surface area contributed by atoms with E-state index in [0.29, 0.717) is 5.65 Å². The van der Waals surface area contributed by atoms with Crippen LogP contribution in [0.1, 0.15) is 13.8 Å². The van der Waals surface area contributed by atoms with Gasteiger partial charge in [0.05, 0.1) is 6.07 Å². The predicted molar refractivity (Wildman–Crippen MR) is 72.1 cm³/mol. The molecule has 0 amide bonds. The lowest BCUT2D eigenvalue weighted by Gasteiger charge is -2.40. The number of nitriles is 1. The van der Waals surface area contributed by atoms with Gasteiger partial charge in [0.15, 0.2) is 11.5 Å². The number of nitrogens with zero attached hydrogens (tertiary/aromatic N) is 8. The molecule has 3 rings (SSSR count). The molecule has 1 saturated heterocycles. The van der Waals surface area contributed by atoms with E-state index in [1.807, 2.05) is 26.0 Å². The number of fused-ring (bicyclic) bond motifs is 1. The van der Waals surface area contributed by atoms with Gasteiger partial charge in [0, 0.05) is 26.2 Å². The van der Waals surface area contributed by atoms with Crippen molar-refractivity contribution in [2.24, 2.45) is 0 Å². The number of aromatic nitrogens is 5. The van der Waals surface area contributed by atoms with Crippen LogP contribution in [0.15, 0.2) is 12.1 Å². The number of hydrogen-bond acceptors (Lipinski definition) is 7. The average molecular weight is 272 g/mol. The van der Waals surface area contributed by atoms with Gasteiger partial charge in [-0.3, -0.25) is 4.90 Å². The normalized spacial score (nSPS) is 17.4. The summed E-state index contributed by atoms with van der Waals surface area (Å²) in [6.45, 7) is 7.27. The van der Waals surface area contributed by atoms with Crippen molar-refractivity contribution >= 4 is 11.5 Å². The molecule has 0 atom stereocenters. The second-order valence-electron chi connectivity index (χ2n) is 5.36. The third kappa shape index (κ3) is 2.16. The van der Waals surface area contributed by atoms with Gasteiger partial charge in [-0.15, -0.1) is 14.8 Å². The van der Waals surface area contributed by atoms with Crippen LogP contribution in [0, 0.1) is 11.3 Å². The zero-order valence-corrected chi connectivity index (χ0v) is 11.6. The fourth-order valence-electron chi connectivity index (χ4n) is 2.37. The number of anilines is 1. The van der Waals surface area contributed by atoms with Crippen molar-refractivity contribution in [3.05, 3.63) is 12.1 Å². The highest BCUT2D eigenvalue weighted by molar-refractivity contribution is 5.44. The quantitative estimate of drug-likeness (QED) is 0.757. The summed E-state index contributed by atoms with van der Waals surface area (Å²) in [5.41, 5.74) is 0.220. The van der Waals surface area contributed by atoms with Crippen molar-refractivity contribution in [2.75, 3.05) is 31.1 Å². The van der Waals surface area contributed by atoms with Crippen LogP contribution < -0.4 is 4.90 Å². The van der Waals surface area contributed by atoms with Crippen LogP contribution >= 0.6 is 0 Å². The fourth-order valence-corrected chi connectivity index (χ4v) is 2.37. The number of hydrogen-bond donors (Lipinski definition) is 0. The second kappa shape index (κ2) is 4.68. The second-order valence-corrected chi connectivity index (χ2v) is 5.36. The summed E-state index contributed by atoms with van der Waals surface area (Å²) in [5, 5.41) is 24.8. The van der Waals surface area contributed by atoms with Gasteiger partial charge in [-0.1, -0.05) is 0 Å². The molecule has 0 radical (unpaired) electrons. The molecular formula is C12H16N8. The summed E-state index contributed by atoms with van der Waals surface area (Å²) in [6.07, 6.45) is 0. The van der Waals surface area contributed by atoms with Gasteiger partial charge in [-0.25, -0.2) is 0 Å². The smallest absolute Gasteiger partial charge is 0.200 e. The van der Waals surface area contributed by atoms with Crippen LogP contribution in [-0.2, 0) is 0 Å². The molecule has 8 heteroatoms. The highest BCUT2D eigenvalue weighted by Crippen LogP contribution is 2.19. The van der Waals surface area contributed by atoms with E-state index >= 15 is 0 Å². The van der Waals surface area contributed by atoms with Crippen molar-refractivity contribution in [1.82, 2.24) is 30.2 Å². The van der Waals surface area contributed by atoms with E-state index in [9.17, 15) is 5.26 Å². The summed E-state index contributed by atoms with van der Waals surface area (Å²) in [7, 11) is 0. The van der Waals surface area contributed by atoms with E-state index in [2.05, 4.69) is 36.5 Å². The summed E-state index contributed by atoms with van der Waals surface area (Å²) < 4.78 is 1.43. The lowest BCUT2D eigenvalue weighted by molar-refractivity contribution is 0.157. The molecule has 0 bridgehead atoms. The Morgan fingerprint density at radius 1 is 1.20 bits per heavy atom. The van der Waals surface area contributed by atoms with Crippen molar-refractivity contribution in [3.63, 3.8) is 0 Å². The van der Waals surface area contributed by atoms with Crippen LogP contribution in [0.3, 0.4) is 0 Å². The van der Waals surface area contributed by atoms with Crippen LogP contribution in [0.4, 0.5) is 5.82 Å². The Kier molecular flexibility index (Phi) is 2.99. The van der Waals surface area contributed by atoms with E-state index in [0.717, 1.165) is 32.0 Å². The first-order valence-electron chi connectivity index (χ1n) is 6.57. The van der Waals surface area contributed by atoms with Gasteiger partial charge in [0.1, 0.15) is 5.54 Å². The van der Waals surface area contributed by atoms with Crippen molar-refractivity contribution in [2.45, 2.75) is 19.4 Å². The molecule has 0 N–H and O–H groups in total. The Hall–Kier alpha value is -2.27. The lowest BCUT2D eigenvalue weighted by atomic mass is 10.0. The third-order valence-electron chi connectivity index (χ3n) is 3.72. The first-order valence-corrected chi connectivity index (χ1v) is 6.57. The standard InChI is InChI=1S/C12H16N8/c1-12(2,9-13)19-7-5-18(6-8-19)11-4-3-10-14-16-17-20(10)15-11/h3-4H,5-8H2,1-2H3. The number of rotatable bonds is 2. The minimum atomic E-state index is -0.417. The van der Waals surface area contributed by atoms with E-state index in [4.69, 9.17) is 0 Å². The monoisotopic (exact) mass is 272 g/mol. The molecule has 0 unspecified atom stereocenters. The minimum Gasteiger partial charge on any atom is -0.353 e. The van der Waals surface area contributed by atoms with E-state index in [1.165, 1.54) is 4.63 Å². The molecule has 0 spiro atoms. The van der Waals surface area contributed by atoms with E-state index in [-0.39, 0.29) is 0 Å².